The molecule has 1 heterocycles. The van der Waals surface area contributed by atoms with Gasteiger partial charge >= 0.3 is 0 Å². The molecular weight excluding hydrogens is 286 g/mol. The molecule has 1 aliphatic rings. The lowest BCUT2D eigenvalue weighted by molar-refractivity contribution is 0.283. The number of hydrogen-bond acceptors (Lipinski definition) is 2. The van der Waals surface area contributed by atoms with Crippen LogP contribution in [0.25, 0.3) is 0 Å². The second-order valence-corrected chi connectivity index (χ2v) is 9.01. The van der Waals surface area contributed by atoms with Gasteiger partial charge in [0.05, 0.1) is 11.4 Å². The number of nitrogens with zero attached hydrogens (tertiary/aromatic N) is 1. The Balaban J connectivity index is 2.14. The van der Waals surface area contributed by atoms with Crippen molar-refractivity contribution in [3.05, 3.63) is 48.5 Å². The fourth-order valence-corrected chi connectivity index (χ4v) is 4.79. The van der Waals surface area contributed by atoms with Crippen molar-refractivity contribution in [3.63, 3.8) is 0 Å². The molecule has 3 rings (SSSR count). The number of hydrogen-bond donors (Lipinski definition) is 0. The molecule has 0 saturated carbocycles. The van der Waals surface area contributed by atoms with Gasteiger partial charge in [0.15, 0.2) is 0 Å². The van der Waals surface area contributed by atoms with Crippen LogP contribution >= 0.6 is 11.8 Å². The third-order valence-corrected chi connectivity index (χ3v) is 5.13. The summed E-state index contributed by atoms with van der Waals surface area (Å²) in [6, 6.07) is 17.5. The first kappa shape index (κ1) is 15.5. The van der Waals surface area contributed by atoms with Gasteiger partial charge in [0.25, 0.3) is 0 Å². The summed E-state index contributed by atoms with van der Waals surface area (Å²) < 4.78 is 0. The van der Waals surface area contributed by atoms with Crippen molar-refractivity contribution >= 4 is 23.1 Å². The third kappa shape index (κ3) is 2.89. The summed E-state index contributed by atoms with van der Waals surface area (Å²) in [5.41, 5.74) is 3.02. The van der Waals surface area contributed by atoms with Crippen molar-refractivity contribution in [1.82, 2.24) is 0 Å². The van der Waals surface area contributed by atoms with E-state index in [0.717, 1.165) is 6.42 Å². The van der Waals surface area contributed by atoms with Crippen LogP contribution in [0.1, 0.15) is 41.0 Å². The van der Waals surface area contributed by atoms with Gasteiger partial charge in [-0.25, -0.2) is 0 Å². The lowest BCUT2D eigenvalue weighted by Crippen LogP contribution is -2.44. The van der Waals surface area contributed by atoms with Crippen molar-refractivity contribution in [1.29, 1.82) is 0 Å². The van der Waals surface area contributed by atoms with Crippen LogP contribution in [0.4, 0.5) is 11.4 Å². The highest BCUT2D eigenvalue weighted by molar-refractivity contribution is 7.99. The molecule has 116 valence electrons. The van der Waals surface area contributed by atoms with Gasteiger partial charge in [-0.2, -0.15) is 0 Å². The minimum absolute atomic E-state index is 0.0609. The normalized spacial score (nSPS) is 14.5. The second-order valence-electron chi connectivity index (χ2n) is 7.92. The molecule has 0 unspecified atom stereocenters. The summed E-state index contributed by atoms with van der Waals surface area (Å²) in [5.74, 6) is 0. The SMILES string of the molecule is CC(C)(C)CC(C)(C)N1c2ccccc2Sc2ccccc21. The van der Waals surface area contributed by atoms with Crippen molar-refractivity contribution in [3.8, 4) is 0 Å². The van der Waals surface area contributed by atoms with Gasteiger partial charge in [-0.15, -0.1) is 0 Å². The maximum atomic E-state index is 2.54. The Labute approximate surface area is 138 Å². The molecule has 0 fully saturated rings. The third-order valence-electron chi connectivity index (χ3n) is 4.00. The molecule has 2 aromatic rings. The maximum Gasteiger partial charge on any atom is 0.0557 e. The quantitative estimate of drug-likeness (QED) is 0.622. The van der Waals surface area contributed by atoms with Crippen molar-refractivity contribution < 1.29 is 0 Å². The molecule has 0 atom stereocenters. The molecule has 0 amide bonds. The summed E-state index contributed by atoms with van der Waals surface area (Å²) in [4.78, 5) is 5.24. The number of rotatable bonds is 2. The van der Waals surface area contributed by atoms with E-state index >= 15 is 0 Å². The molecular formula is C20H25NS. The van der Waals surface area contributed by atoms with Gasteiger partial charge in [0.1, 0.15) is 0 Å². The molecule has 2 heteroatoms. The summed E-state index contributed by atoms with van der Waals surface area (Å²) >= 11 is 1.88. The molecule has 0 aromatic heterocycles. The first-order chi connectivity index (χ1) is 10.3. The molecule has 0 saturated heterocycles. The Morgan fingerprint density at radius 3 is 1.68 bits per heavy atom. The first-order valence-electron chi connectivity index (χ1n) is 7.94. The summed E-state index contributed by atoms with van der Waals surface area (Å²) in [6.07, 6.45) is 1.13. The lowest BCUT2D eigenvalue weighted by atomic mass is 9.80. The molecule has 1 nitrogen and oxygen atoms in total. The van der Waals surface area contributed by atoms with Gasteiger partial charge in [0.2, 0.25) is 0 Å². The number of para-hydroxylation sites is 2. The average molecular weight is 311 g/mol. The van der Waals surface area contributed by atoms with E-state index in [4.69, 9.17) is 0 Å². The summed E-state index contributed by atoms with van der Waals surface area (Å²) in [7, 11) is 0. The molecule has 0 radical (unpaired) electrons. The molecule has 22 heavy (non-hydrogen) atoms. The van der Waals surface area contributed by atoms with E-state index in [2.05, 4.69) is 88.0 Å². The van der Waals surface area contributed by atoms with E-state index in [1.54, 1.807) is 0 Å². The smallest absolute Gasteiger partial charge is 0.0557 e. The largest absolute Gasteiger partial charge is 0.334 e. The molecule has 0 aliphatic carbocycles. The van der Waals surface area contributed by atoms with Crippen molar-refractivity contribution in [2.45, 2.75) is 56.4 Å². The maximum absolute atomic E-state index is 2.54. The van der Waals surface area contributed by atoms with E-state index in [1.165, 1.54) is 21.2 Å². The van der Waals surface area contributed by atoms with E-state index in [-0.39, 0.29) is 11.0 Å². The Morgan fingerprint density at radius 2 is 1.23 bits per heavy atom. The Kier molecular flexibility index (Phi) is 3.76. The van der Waals surface area contributed by atoms with Crippen LogP contribution in [0.5, 0.6) is 0 Å². The topological polar surface area (TPSA) is 3.24 Å². The molecule has 0 spiro atoms. The molecule has 2 aromatic carbocycles. The molecule has 0 bridgehead atoms. The first-order valence-corrected chi connectivity index (χ1v) is 8.76. The highest BCUT2D eigenvalue weighted by Crippen LogP contribution is 2.52. The van der Waals surface area contributed by atoms with E-state index < -0.39 is 0 Å². The Morgan fingerprint density at radius 1 is 0.773 bits per heavy atom. The number of fused-ring (bicyclic) bond motifs is 2. The van der Waals surface area contributed by atoms with Crippen LogP contribution in [0, 0.1) is 5.41 Å². The lowest BCUT2D eigenvalue weighted by Gasteiger charge is -2.46. The van der Waals surface area contributed by atoms with Crippen molar-refractivity contribution in [2.75, 3.05) is 4.90 Å². The van der Waals surface area contributed by atoms with Crippen molar-refractivity contribution in [2.24, 2.45) is 5.41 Å². The van der Waals surface area contributed by atoms with E-state index in [9.17, 15) is 0 Å². The fraction of sp³-hybridized carbons (Fsp3) is 0.400. The number of anilines is 2. The van der Waals surface area contributed by atoms with Gasteiger partial charge in [-0.3, -0.25) is 0 Å². The van der Waals surface area contributed by atoms with Crippen LogP contribution in [0.2, 0.25) is 0 Å². The van der Waals surface area contributed by atoms with Crippen LogP contribution in [0.3, 0.4) is 0 Å². The monoisotopic (exact) mass is 311 g/mol. The zero-order valence-electron chi connectivity index (χ0n) is 14.2. The zero-order chi connectivity index (χ0) is 16.0. The Hall–Kier alpha value is -1.41. The van der Waals surface area contributed by atoms with Crippen LogP contribution in [-0.4, -0.2) is 5.54 Å². The minimum Gasteiger partial charge on any atom is -0.334 e. The highest BCUT2D eigenvalue weighted by atomic mass is 32.2. The minimum atomic E-state index is 0.0609. The zero-order valence-corrected chi connectivity index (χ0v) is 15.0. The predicted octanol–water partition coefficient (Wildman–Crippen LogP) is 6.50. The fourth-order valence-electron chi connectivity index (χ4n) is 3.73. The molecule has 1 aliphatic heterocycles. The van der Waals surface area contributed by atoms with E-state index in [1.807, 2.05) is 11.8 Å². The van der Waals surface area contributed by atoms with Crippen LogP contribution in [0.15, 0.2) is 58.3 Å². The second kappa shape index (κ2) is 5.34. The van der Waals surface area contributed by atoms with Crippen LogP contribution in [-0.2, 0) is 0 Å². The van der Waals surface area contributed by atoms with Gasteiger partial charge < -0.3 is 4.90 Å². The summed E-state index contributed by atoms with van der Waals surface area (Å²) in [5, 5.41) is 0. The standard InChI is InChI=1S/C20H25NS/c1-19(2,3)14-20(4,5)21-15-10-6-8-12-17(15)22-18-13-9-7-11-16(18)21/h6-13H,14H2,1-5H3. The average Bonchev–Trinajstić information content (AvgIpc) is 2.41. The predicted molar refractivity (Wildman–Crippen MR) is 97.3 cm³/mol. The van der Waals surface area contributed by atoms with Crippen LogP contribution < -0.4 is 4.90 Å². The summed E-state index contributed by atoms with van der Waals surface area (Å²) in [6.45, 7) is 11.7. The van der Waals surface area contributed by atoms with E-state index in [0.29, 0.717) is 0 Å². The Bertz CT molecular complexity index is 637. The van der Waals surface area contributed by atoms with Gasteiger partial charge in [-0.05, 0) is 49.9 Å². The highest BCUT2D eigenvalue weighted by Gasteiger charge is 2.36. The van der Waals surface area contributed by atoms with Gasteiger partial charge in [-0.1, -0.05) is 56.8 Å². The molecule has 0 N–H and O–H groups in total. The number of benzene rings is 2. The van der Waals surface area contributed by atoms with Gasteiger partial charge in [0, 0.05) is 15.3 Å².